The third-order valence-electron chi connectivity index (χ3n) is 4.17. The summed E-state index contributed by atoms with van der Waals surface area (Å²) in [5, 5.41) is 8.40. The van der Waals surface area contributed by atoms with Crippen LogP contribution in [-0.2, 0) is 16.1 Å². The van der Waals surface area contributed by atoms with Crippen LogP contribution in [0.5, 0.6) is 0 Å². The Morgan fingerprint density at radius 3 is 2.74 bits per heavy atom. The molecule has 0 radical (unpaired) electrons. The van der Waals surface area contributed by atoms with Crippen LogP contribution in [0.25, 0.3) is 10.8 Å². The second-order valence-electron chi connectivity index (χ2n) is 5.95. The standard InChI is InChI=1S/C19H19N3O4S/c1-4-26-19(25)16-11(2)12(3)27-17(16)21-15(23)10-22-18(24)14-8-6-5-7-13(14)9-20-22/h5-9H,4,10H2,1-3H3,(H,21,23). The molecule has 0 spiro atoms. The van der Waals surface area contributed by atoms with Gasteiger partial charge in [-0.15, -0.1) is 11.3 Å². The van der Waals surface area contributed by atoms with E-state index in [1.54, 1.807) is 31.3 Å². The first-order chi connectivity index (χ1) is 12.9. The molecule has 0 saturated heterocycles. The van der Waals surface area contributed by atoms with Crippen molar-refractivity contribution in [2.45, 2.75) is 27.3 Å². The molecule has 140 valence electrons. The van der Waals surface area contributed by atoms with Gasteiger partial charge < -0.3 is 10.1 Å². The van der Waals surface area contributed by atoms with Crippen LogP contribution < -0.4 is 10.9 Å². The summed E-state index contributed by atoms with van der Waals surface area (Å²) in [4.78, 5) is 38.1. The predicted octanol–water partition coefficient (Wildman–Crippen LogP) is 2.89. The largest absolute Gasteiger partial charge is 0.462 e. The predicted molar refractivity (Wildman–Crippen MR) is 104 cm³/mol. The molecule has 0 aliphatic heterocycles. The van der Waals surface area contributed by atoms with E-state index in [1.165, 1.54) is 11.3 Å². The minimum atomic E-state index is -0.476. The number of amides is 1. The molecule has 1 aromatic carbocycles. The molecule has 27 heavy (non-hydrogen) atoms. The highest BCUT2D eigenvalue weighted by atomic mass is 32.1. The zero-order chi connectivity index (χ0) is 19.6. The Balaban J connectivity index is 1.85. The van der Waals surface area contributed by atoms with Crippen molar-refractivity contribution in [1.82, 2.24) is 9.78 Å². The summed E-state index contributed by atoms with van der Waals surface area (Å²) >= 11 is 1.30. The fourth-order valence-corrected chi connectivity index (χ4v) is 3.77. The summed E-state index contributed by atoms with van der Waals surface area (Å²) in [6.45, 7) is 5.40. The molecule has 1 N–H and O–H groups in total. The highest BCUT2D eigenvalue weighted by molar-refractivity contribution is 7.16. The molecule has 0 fully saturated rings. The van der Waals surface area contributed by atoms with E-state index < -0.39 is 11.9 Å². The molecular weight excluding hydrogens is 366 g/mol. The fraction of sp³-hybridized carbons (Fsp3) is 0.263. The highest BCUT2D eigenvalue weighted by Crippen LogP contribution is 2.33. The molecule has 1 amide bonds. The normalized spacial score (nSPS) is 10.8. The van der Waals surface area contributed by atoms with E-state index >= 15 is 0 Å². The van der Waals surface area contributed by atoms with Gasteiger partial charge in [0.05, 0.1) is 23.8 Å². The van der Waals surface area contributed by atoms with Crippen molar-refractivity contribution in [3.8, 4) is 0 Å². The van der Waals surface area contributed by atoms with E-state index in [2.05, 4.69) is 10.4 Å². The number of carbonyl (C=O) groups excluding carboxylic acids is 2. The van der Waals surface area contributed by atoms with E-state index in [4.69, 9.17) is 4.74 Å². The second kappa shape index (κ2) is 7.71. The molecule has 0 saturated carbocycles. The van der Waals surface area contributed by atoms with Crippen LogP contribution >= 0.6 is 11.3 Å². The first kappa shape index (κ1) is 18.8. The molecule has 0 unspecified atom stereocenters. The number of fused-ring (bicyclic) bond motifs is 1. The van der Waals surface area contributed by atoms with Crippen molar-refractivity contribution in [3.63, 3.8) is 0 Å². The van der Waals surface area contributed by atoms with Crippen molar-refractivity contribution in [2.24, 2.45) is 0 Å². The van der Waals surface area contributed by atoms with Crippen LogP contribution in [-0.4, -0.2) is 28.3 Å². The Morgan fingerprint density at radius 2 is 2.00 bits per heavy atom. The number of hydrogen-bond donors (Lipinski definition) is 1. The van der Waals surface area contributed by atoms with E-state index in [9.17, 15) is 14.4 Å². The van der Waals surface area contributed by atoms with Crippen molar-refractivity contribution in [1.29, 1.82) is 0 Å². The number of ether oxygens (including phenoxy) is 1. The van der Waals surface area contributed by atoms with Crippen LogP contribution in [0, 0.1) is 13.8 Å². The van der Waals surface area contributed by atoms with Crippen LogP contribution in [0.4, 0.5) is 5.00 Å². The third-order valence-corrected chi connectivity index (χ3v) is 5.30. The Morgan fingerprint density at radius 1 is 1.26 bits per heavy atom. The van der Waals surface area contributed by atoms with Crippen molar-refractivity contribution in [3.05, 3.63) is 56.8 Å². The van der Waals surface area contributed by atoms with Crippen molar-refractivity contribution >= 4 is 39.0 Å². The molecule has 0 aliphatic carbocycles. The molecule has 3 aromatic rings. The zero-order valence-corrected chi connectivity index (χ0v) is 16.1. The minimum absolute atomic E-state index is 0.247. The first-order valence-electron chi connectivity index (χ1n) is 8.44. The van der Waals surface area contributed by atoms with Gasteiger partial charge in [-0.25, -0.2) is 9.48 Å². The number of thiophene rings is 1. The zero-order valence-electron chi connectivity index (χ0n) is 15.2. The molecule has 0 bridgehead atoms. The SMILES string of the molecule is CCOC(=O)c1c(NC(=O)Cn2ncc3ccccc3c2=O)sc(C)c1C. The molecule has 0 aliphatic rings. The van der Waals surface area contributed by atoms with Crippen molar-refractivity contribution < 1.29 is 14.3 Å². The maximum Gasteiger partial charge on any atom is 0.341 e. The van der Waals surface area contributed by atoms with Gasteiger partial charge >= 0.3 is 5.97 Å². The number of hydrogen-bond acceptors (Lipinski definition) is 6. The number of rotatable bonds is 5. The monoisotopic (exact) mass is 385 g/mol. The smallest absolute Gasteiger partial charge is 0.341 e. The quantitative estimate of drug-likeness (QED) is 0.682. The number of aromatic nitrogens is 2. The van der Waals surface area contributed by atoms with Gasteiger partial charge in [0.15, 0.2) is 0 Å². The number of nitrogens with one attached hydrogen (secondary N) is 1. The van der Waals surface area contributed by atoms with Gasteiger partial charge in [-0.1, -0.05) is 18.2 Å². The number of carbonyl (C=O) groups is 2. The van der Waals surface area contributed by atoms with Gasteiger partial charge in [-0.05, 0) is 32.4 Å². The maximum absolute atomic E-state index is 12.5. The molecular formula is C19H19N3O4S. The molecule has 7 nitrogen and oxygen atoms in total. The summed E-state index contributed by atoms with van der Waals surface area (Å²) in [7, 11) is 0. The molecule has 0 atom stereocenters. The number of aryl methyl sites for hydroxylation is 1. The minimum Gasteiger partial charge on any atom is -0.462 e. The van der Waals surface area contributed by atoms with Gasteiger partial charge in [0, 0.05) is 10.3 Å². The average Bonchev–Trinajstić information content (AvgIpc) is 2.91. The Hall–Kier alpha value is -3.00. The summed E-state index contributed by atoms with van der Waals surface area (Å²) < 4.78 is 6.18. The highest BCUT2D eigenvalue weighted by Gasteiger charge is 2.22. The number of benzene rings is 1. The van der Waals surface area contributed by atoms with Gasteiger partial charge in [-0.3, -0.25) is 9.59 Å². The fourth-order valence-electron chi connectivity index (χ4n) is 2.71. The Labute approximate surface area is 159 Å². The van der Waals surface area contributed by atoms with E-state index in [1.807, 2.05) is 19.9 Å². The number of nitrogens with zero attached hydrogens (tertiary/aromatic N) is 2. The van der Waals surface area contributed by atoms with Crippen LogP contribution in [0.2, 0.25) is 0 Å². The lowest BCUT2D eigenvalue weighted by atomic mass is 10.1. The Kier molecular flexibility index (Phi) is 5.36. The third kappa shape index (κ3) is 3.75. The van der Waals surface area contributed by atoms with E-state index in [-0.39, 0.29) is 18.7 Å². The van der Waals surface area contributed by atoms with Gasteiger partial charge in [0.2, 0.25) is 5.91 Å². The van der Waals surface area contributed by atoms with Gasteiger partial charge in [0.1, 0.15) is 11.5 Å². The van der Waals surface area contributed by atoms with Crippen molar-refractivity contribution in [2.75, 3.05) is 11.9 Å². The second-order valence-corrected chi connectivity index (χ2v) is 7.18. The summed E-state index contributed by atoms with van der Waals surface area (Å²) in [5.74, 6) is -0.915. The Bertz CT molecular complexity index is 1080. The molecule has 2 aromatic heterocycles. The number of anilines is 1. The maximum atomic E-state index is 12.5. The number of esters is 1. The summed E-state index contributed by atoms with van der Waals surface area (Å²) in [5.41, 5.74) is 0.786. The van der Waals surface area contributed by atoms with E-state index in [0.717, 1.165) is 15.1 Å². The van der Waals surface area contributed by atoms with Crippen LogP contribution in [0.15, 0.2) is 35.3 Å². The lowest BCUT2D eigenvalue weighted by Crippen LogP contribution is -2.29. The average molecular weight is 385 g/mol. The summed E-state index contributed by atoms with van der Waals surface area (Å²) in [6, 6.07) is 7.06. The van der Waals surface area contributed by atoms with Crippen LogP contribution in [0.3, 0.4) is 0 Å². The van der Waals surface area contributed by atoms with E-state index in [0.29, 0.717) is 21.3 Å². The molecule has 8 heteroatoms. The van der Waals surface area contributed by atoms with Gasteiger partial charge in [0.25, 0.3) is 5.56 Å². The van der Waals surface area contributed by atoms with Gasteiger partial charge in [-0.2, -0.15) is 5.10 Å². The first-order valence-corrected chi connectivity index (χ1v) is 9.25. The molecule has 2 heterocycles. The lowest BCUT2D eigenvalue weighted by Gasteiger charge is -2.08. The lowest BCUT2D eigenvalue weighted by molar-refractivity contribution is -0.116. The summed E-state index contributed by atoms with van der Waals surface area (Å²) in [6.07, 6.45) is 1.55. The topological polar surface area (TPSA) is 90.3 Å². The van der Waals surface area contributed by atoms with Crippen LogP contribution in [0.1, 0.15) is 27.7 Å². The molecule has 3 rings (SSSR count).